The highest BCUT2D eigenvalue weighted by molar-refractivity contribution is 6.60. The molecule has 0 aliphatic heterocycles. The Hall–Kier alpha value is -0.433. The highest BCUT2D eigenvalue weighted by Crippen LogP contribution is 2.18. The summed E-state index contributed by atoms with van der Waals surface area (Å²) in [6, 6.07) is 0.619. The molecule has 0 saturated heterocycles. The second kappa shape index (κ2) is 6.94. The molecule has 0 bridgehead atoms. The third-order valence-corrected chi connectivity index (χ3v) is 5.29. The molecule has 15 heavy (non-hydrogen) atoms. The lowest BCUT2D eigenvalue weighted by Crippen LogP contribution is -2.42. The molecule has 1 unspecified atom stereocenters. The molecule has 89 valence electrons. The Balaban J connectivity index is 3.96. The van der Waals surface area contributed by atoms with Gasteiger partial charge in [-0.2, -0.15) is 0 Å². The summed E-state index contributed by atoms with van der Waals surface area (Å²) in [4.78, 5) is 10.5. The van der Waals surface area contributed by atoms with Crippen LogP contribution < -0.4 is 0 Å². The summed E-state index contributed by atoms with van der Waals surface area (Å²) < 4.78 is 15.6. The monoisotopic (exact) mass is 235 g/mol. The van der Waals surface area contributed by atoms with Gasteiger partial charge in [-0.15, -0.1) is 0 Å². The molecular formula is C9H19O5Si. The molecule has 0 aromatic heterocycles. The summed E-state index contributed by atoms with van der Waals surface area (Å²) in [6.45, 7) is 1.63. The number of hydrogen-bond acceptors (Lipinski definition) is 4. The standard InChI is InChI=1S/C9H19O5Si/c1-8(9(10)11)6-5-7-15(12-2,13-3)14-4/h8H,5-7H2,1-4H3. The minimum Gasteiger partial charge on any atom is -0.377 e. The van der Waals surface area contributed by atoms with Crippen LogP contribution in [0.3, 0.4) is 0 Å². The second-order valence-electron chi connectivity index (χ2n) is 3.41. The van der Waals surface area contributed by atoms with Crippen molar-refractivity contribution >= 4 is 14.8 Å². The average molecular weight is 235 g/mol. The van der Waals surface area contributed by atoms with Crippen molar-refractivity contribution in [1.82, 2.24) is 0 Å². The van der Waals surface area contributed by atoms with Gasteiger partial charge >= 0.3 is 14.8 Å². The van der Waals surface area contributed by atoms with Gasteiger partial charge < -0.3 is 13.3 Å². The highest BCUT2D eigenvalue weighted by Gasteiger charge is 2.37. The molecule has 5 nitrogen and oxygen atoms in total. The maximum Gasteiger partial charge on any atom is 0.500 e. The van der Waals surface area contributed by atoms with Gasteiger partial charge in [0.25, 0.3) is 0 Å². The first kappa shape index (κ1) is 14.6. The van der Waals surface area contributed by atoms with E-state index in [2.05, 4.69) is 0 Å². The third-order valence-electron chi connectivity index (χ3n) is 2.46. The molecule has 0 fully saturated rings. The topological polar surface area (TPSA) is 64.7 Å². The van der Waals surface area contributed by atoms with Crippen molar-refractivity contribution in [3.63, 3.8) is 0 Å². The first-order chi connectivity index (χ1) is 7.01. The van der Waals surface area contributed by atoms with Crippen molar-refractivity contribution in [2.45, 2.75) is 25.8 Å². The van der Waals surface area contributed by atoms with Crippen LogP contribution in [0.25, 0.3) is 0 Å². The van der Waals surface area contributed by atoms with Gasteiger partial charge in [0, 0.05) is 27.4 Å². The van der Waals surface area contributed by atoms with Gasteiger partial charge in [-0.25, -0.2) is 9.90 Å². The molecule has 0 aliphatic carbocycles. The fraction of sp³-hybridized carbons (Fsp3) is 0.889. The molecule has 0 spiro atoms. The maximum atomic E-state index is 10.5. The Bertz CT molecular complexity index is 185. The van der Waals surface area contributed by atoms with Gasteiger partial charge in [0.1, 0.15) is 0 Å². The van der Waals surface area contributed by atoms with Crippen LogP contribution in [0, 0.1) is 5.92 Å². The van der Waals surface area contributed by atoms with Gasteiger partial charge in [-0.3, -0.25) is 0 Å². The van der Waals surface area contributed by atoms with Crippen LogP contribution in [0.4, 0.5) is 0 Å². The molecule has 0 aromatic rings. The SMILES string of the molecule is CO[Si](CCCC(C)C([O])=O)(OC)OC. The summed E-state index contributed by atoms with van der Waals surface area (Å²) in [5.41, 5.74) is 0. The molecule has 0 heterocycles. The molecule has 0 rings (SSSR count). The minimum atomic E-state index is -2.53. The Morgan fingerprint density at radius 1 is 1.20 bits per heavy atom. The van der Waals surface area contributed by atoms with Gasteiger partial charge in [0.2, 0.25) is 0 Å². The smallest absolute Gasteiger partial charge is 0.377 e. The van der Waals surface area contributed by atoms with E-state index in [0.29, 0.717) is 18.9 Å². The number of hydrogen-bond donors (Lipinski definition) is 0. The van der Waals surface area contributed by atoms with Crippen LogP contribution >= 0.6 is 0 Å². The van der Waals surface area contributed by atoms with Crippen molar-refractivity contribution in [1.29, 1.82) is 0 Å². The summed E-state index contributed by atoms with van der Waals surface area (Å²) in [7, 11) is 2.10. The van der Waals surface area contributed by atoms with Crippen molar-refractivity contribution in [2.75, 3.05) is 21.3 Å². The van der Waals surface area contributed by atoms with E-state index in [0.717, 1.165) is 0 Å². The van der Waals surface area contributed by atoms with E-state index in [4.69, 9.17) is 13.3 Å². The van der Waals surface area contributed by atoms with Crippen LogP contribution in [-0.4, -0.2) is 36.1 Å². The highest BCUT2D eigenvalue weighted by atomic mass is 28.4. The molecule has 0 saturated carbocycles. The molecule has 0 N–H and O–H groups in total. The Morgan fingerprint density at radius 3 is 2.00 bits per heavy atom. The molecule has 1 atom stereocenters. The van der Waals surface area contributed by atoms with Crippen molar-refractivity contribution in [3.05, 3.63) is 0 Å². The predicted octanol–water partition coefficient (Wildman–Crippen LogP) is 1.24. The van der Waals surface area contributed by atoms with Crippen LogP contribution in [0.2, 0.25) is 6.04 Å². The molecule has 6 heteroatoms. The fourth-order valence-electron chi connectivity index (χ4n) is 1.30. The molecule has 0 amide bonds. The molecule has 0 aliphatic rings. The van der Waals surface area contributed by atoms with Crippen LogP contribution in [0.15, 0.2) is 0 Å². The maximum absolute atomic E-state index is 10.5. The van der Waals surface area contributed by atoms with Gasteiger partial charge in [0.05, 0.1) is 5.92 Å². The first-order valence-electron chi connectivity index (χ1n) is 4.87. The quantitative estimate of drug-likeness (QED) is 0.594. The van der Waals surface area contributed by atoms with E-state index in [1.807, 2.05) is 0 Å². The zero-order valence-corrected chi connectivity index (χ0v) is 10.7. The largest absolute Gasteiger partial charge is 0.500 e. The Labute approximate surface area is 91.7 Å². The number of carbonyl (C=O) groups is 1. The Kier molecular flexibility index (Phi) is 6.74. The zero-order chi connectivity index (χ0) is 11.9. The van der Waals surface area contributed by atoms with E-state index in [1.165, 1.54) is 0 Å². The lowest BCUT2D eigenvalue weighted by molar-refractivity contribution is -0.147. The van der Waals surface area contributed by atoms with E-state index in [-0.39, 0.29) is 0 Å². The summed E-state index contributed by atoms with van der Waals surface area (Å²) >= 11 is 0. The number of carbonyl (C=O) groups excluding carboxylic acids is 1. The van der Waals surface area contributed by atoms with Gasteiger partial charge in [-0.05, 0) is 12.8 Å². The average Bonchev–Trinajstić information content (AvgIpc) is 2.24. The minimum absolute atomic E-state index is 0.442. The normalized spacial score (nSPS) is 13.9. The second-order valence-corrected chi connectivity index (χ2v) is 6.50. The lowest BCUT2D eigenvalue weighted by atomic mass is 10.1. The van der Waals surface area contributed by atoms with E-state index >= 15 is 0 Å². The number of rotatable bonds is 8. The summed E-state index contributed by atoms with van der Waals surface area (Å²) in [6.07, 6.45) is 1.24. The van der Waals surface area contributed by atoms with Gasteiger partial charge in [-0.1, -0.05) is 6.92 Å². The van der Waals surface area contributed by atoms with Crippen LogP contribution in [0.5, 0.6) is 0 Å². The van der Waals surface area contributed by atoms with Crippen LogP contribution in [0.1, 0.15) is 19.8 Å². The van der Waals surface area contributed by atoms with E-state index in [1.54, 1.807) is 28.3 Å². The van der Waals surface area contributed by atoms with Gasteiger partial charge in [0.15, 0.2) is 0 Å². The summed E-state index contributed by atoms with van der Waals surface area (Å²) in [5, 5.41) is 10.5. The predicted molar refractivity (Wildman–Crippen MR) is 55.7 cm³/mol. The third kappa shape index (κ3) is 4.74. The van der Waals surface area contributed by atoms with Crippen molar-refractivity contribution < 1.29 is 23.2 Å². The lowest BCUT2D eigenvalue weighted by Gasteiger charge is -2.24. The molecule has 1 radical (unpaired) electrons. The van der Waals surface area contributed by atoms with Crippen molar-refractivity contribution in [3.8, 4) is 0 Å². The fourth-order valence-corrected chi connectivity index (χ4v) is 3.05. The molecular weight excluding hydrogens is 216 g/mol. The van der Waals surface area contributed by atoms with Crippen molar-refractivity contribution in [2.24, 2.45) is 5.92 Å². The van der Waals surface area contributed by atoms with Crippen LogP contribution in [-0.2, 0) is 23.2 Å². The first-order valence-corrected chi connectivity index (χ1v) is 6.81. The van der Waals surface area contributed by atoms with E-state index < -0.39 is 20.7 Å². The van der Waals surface area contributed by atoms with E-state index in [9.17, 15) is 9.90 Å². The Morgan fingerprint density at radius 2 is 1.67 bits per heavy atom. The molecule has 0 aromatic carbocycles. The summed E-state index contributed by atoms with van der Waals surface area (Å²) in [5.74, 6) is -1.46. The zero-order valence-electron chi connectivity index (χ0n) is 9.74.